The molecule has 0 aliphatic heterocycles. The Morgan fingerprint density at radius 2 is 1.57 bits per heavy atom. The monoisotopic (exact) mass is 444 g/mol. The van der Waals surface area contributed by atoms with Crippen LogP contribution in [0.1, 0.15) is 54.6 Å². The van der Waals surface area contributed by atoms with Crippen molar-refractivity contribution in [3.8, 4) is 0 Å². The summed E-state index contributed by atoms with van der Waals surface area (Å²) in [5.74, 6) is 0.0758. The molecule has 28 heavy (non-hydrogen) atoms. The number of hydrogen-bond donors (Lipinski definition) is 1. The van der Waals surface area contributed by atoms with Gasteiger partial charge in [-0.3, -0.25) is 9.59 Å². The van der Waals surface area contributed by atoms with Crippen molar-refractivity contribution < 1.29 is 9.59 Å². The van der Waals surface area contributed by atoms with Gasteiger partial charge in [-0.15, -0.1) is 0 Å². The largest absolute Gasteiger partial charge is 0.352 e. The van der Waals surface area contributed by atoms with Crippen LogP contribution in [0.4, 0.5) is 0 Å². The quantitative estimate of drug-likeness (QED) is 0.555. The molecule has 0 unspecified atom stereocenters. The average Bonchev–Trinajstić information content (AvgIpc) is 2.70. The molecule has 0 heterocycles. The van der Waals surface area contributed by atoms with E-state index in [1.165, 1.54) is 5.56 Å². The molecule has 2 aromatic carbocycles. The van der Waals surface area contributed by atoms with E-state index >= 15 is 0 Å². The second-order valence-corrected chi connectivity index (χ2v) is 8.23. The van der Waals surface area contributed by atoms with Crippen LogP contribution in [0.5, 0.6) is 0 Å². The lowest BCUT2D eigenvalue weighted by Crippen LogP contribution is -2.32. The van der Waals surface area contributed by atoms with Gasteiger partial charge in [0.25, 0.3) is 5.91 Å². The van der Waals surface area contributed by atoms with Gasteiger partial charge in [-0.05, 0) is 68.5 Å². The number of nitrogens with one attached hydrogen (secondary N) is 1. The lowest BCUT2D eigenvalue weighted by Gasteiger charge is -2.21. The topological polar surface area (TPSA) is 49.4 Å². The summed E-state index contributed by atoms with van der Waals surface area (Å²) >= 11 is 3.43. The van der Waals surface area contributed by atoms with E-state index in [2.05, 4.69) is 33.4 Å². The number of carbonyl (C=O) groups excluding carboxylic acids is 2. The zero-order valence-corrected chi connectivity index (χ0v) is 18.5. The SMILES string of the molecule is CC(C)N(C)C(=O)c1ccc(CNC(=O)CCCCc2ccc(Br)cc2)cc1. The summed E-state index contributed by atoms with van der Waals surface area (Å²) in [4.78, 5) is 26.0. The summed E-state index contributed by atoms with van der Waals surface area (Å²) in [6, 6.07) is 15.9. The molecule has 0 saturated carbocycles. The Balaban J connectivity index is 1.69. The van der Waals surface area contributed by atoms with E-state index in [9.17, 15) is 9.59 Å². The zero-order valence-electron chi connectivity index (χ0n) is 16.9. The predicted octanol–water partition coefficient (Wildman–Crippen LogP) is 4.96. The summed E-state index contributed by atoms with van der Waals surface area (Å²) in [5.41, 5.74) is 2.95. The van der Waals surface area contributed by atoms with E-state index in [1.54, 1.807) is 11.9 Å². The second kappa shape index (κ2) is 11.0. The molecule has 0 aliphatic carbocycles. The number of hydrogen-bond acceptors (Lipinski definition) is 2. The van der Waals surface area contributed by atoms with Crippen molar-refractivity contribution in [2.24, 2.45) is 0 Å². The molecule has 0 aliphatic rings. The van der Waals surface area contributed by atoms with E-state index in [0.717, 1.165) is 29.3 Å². The molecule has 1 N–H and O–H groups in total. The van der Waals surface area contributed by atoms with Crippen LogP contribution in [-0.2, 0) is 17.8 Å². The lowest BCUT2D eigenvalue weighted by molar-refractivity contribution is -0.121. The number of aryl methyl sites for hydroxylation is 1. The minimum absolute atomic E-state index is 0.0105. The molecule has 150 valence electrons. The molecule has 0 bridgehead atoms. The Labute approximate surface area is 176 Å². The first-order valence-electron chi connectivity index (χ1n) is 9.74. The smallest absolute Gasteiger partial charge is 0.253 e. The highest BCUT2D eigenvalue weighted by atomic mass is 79.9. The number of unbranched alkanes of at least 4 members (excludes halogenated alkanes) is 1. The highest BCUT2D eigenvalue weighted by Crippen LogP contribution is 2.13. The molecule has 0 radical (unpaired) electrons. The first-order chi connectivity index (χ1) is 13.4. The van der Waals surface area contributed by atoms with Gasteiger partial charge in [0.05, 0.1) is 0 Å². The maximum absolute atomic E-state index is 12.3. The number of benzene rings is 2. The van der Waals surface area contributed by atoms with Crippen molar-refractivity contribution in [2.75, 3.05) is 7.05 Å². The van der Waals surface area contributed by atoms with Crippen LogP contribution in [-0.4, -0.2) is 29.8 Å². The van der Waals surface area contributed by atoms with E-state index < -0.39 is 0 Å². The van der Waals surface area contributed by atoms with Gasteiger partial charge < -0.3 is 10.2 Å². The molecule has 2 rings (SSSR count). The third kappa shape index (κ3) is 7.12. The molecule has 5 heteroatoms. The summed E-state index contributed by atoms with van der Waals surface area (Å²) in [6.45, 7) is 4.46. The first-order valence-corrected chi connectivity index (χ1v) is 10.5. The number of halogens is 1. The fourth-order valence-corrected chi connectivity index (χ4v) is 3.02. The highest BCUT2D eigenvalue weighted by Gasteiger charge is 2.14. The van der Waals surface area contributed by atoms with Gasteiger partial charge in [0.15, 0.2) is 0 Å². The Hall–Kier alpha value is -2.14. The average molecular weight is 445 g/mol. The first kappa shape index (κ1) is 22.2. The summed E-state index contributed by atoms with van der Waals surface area (Å²) in [6.07, 6.45) is 3.39. The summed E-state index contributed by atoms with van der Waals surface area (Å²) in [5, 5.41) is 2.95. The van der Waals surface area contributed by atoms with Crippen LogP contribution in [0.2, 0.25) is 0 Å². The number of rotatable bonds is 9. The number of carbonyl (C=O) groups is 2. The van der Waals surface area contributed by atoms with Crippen molar-refractivity contribution in [1.29, 1.82) is 0 Å². The van der Waals surface area contributed by atoms with Gasteiger partial charge in [-0.2, -0.15) is 0 Å². The van der Waals surface area contributed by atoms with Gasteiger partial charge >= 0.3 is 0 Å². The van der Waals surface area contributed by atoms with Crippen molar-refractivity contribution in [2.45, 2.75) is 52.1 Å². The molecular weight excluding hydrogens is 416 g/mol. The third-order valence-electron chi connectivity index (χ3n) is 4.82. The van der Waals surface area contributed by atoms with Crippen molar-refractivity contribution in [1.82, 2.24) is 10.2 Å². The van der Waals surface area contributed by atoms with Gasteiger partial charge in [0, 0.05) is 36.1 Å². The van der Waals surface area contributed by atoms with E-state index in [4.69, 9.17) is 0 Å². The van der Waals surface area contributed by atoms with Crippen LogP contribution >= 0.6 is 15.9 Å². The highest BCUT2D eigenvalue weighted by molar-refractivity contribution is 9.10. The Kier molecular flexibility index (Phi) is 8.71. The van der Waals surface area contributed by atoms with E-state index in [0.29, 0.717) is 18.5 Å². The standard InChI is InChI=1S/C23H29BrN2O2/c1-17(2)26(3)23(28)20-12-8-19(9-13-20)16-25-22(27)7-5-4-6-18-10-14-21(24)15-11-18/h8-15,17H,4-7,16H2,1-3H3,(H,25,27). The molecule has 2 amide bonds. The predicted molar refractivity (Wildman–Crippen MR) is 117 cm³/mol. The van der Waals surface area contributed by atoms with Gasteiger partial charge in [-0.1, -0.05) is 40.2 Å². The number of amides is 2. The van der Waals surface area contributed by atoms with Gasteiger partial charge in [0.1, 0.15) is 0 Å². The molecule has 0 aromatic heterocycles. The number of nitrogens with zero attached hydrogens (tertiary/aromatic N) is 1. The van der Waals surface area contributed by atoms with Crippen molar-refractivity contribution in [3.05, 3.63) is 69.7 Å². The zero-order chi connectivity index (χ0) is 20.5. The molecule has 0 atom stereocenters. The molecule has 0 spiro atoms. The molecule has 4 nitrogen and oxygen atoms in total. The van der Waals surface area contributed by atoms with Gasteiger partial charge in [0.2, 0.25) is 5.91 Å². The Bertz CT molecular complexity index is 770. The van der Waals surface area contributed by atoms with Crippen molar-refractivity contribution in [3.63, 3.8) is 0 Å². The maximum Gasteiger partial charge on any atom is 0.253 e. The summed E-state index contributed by atoms with van der Waals surface area (Å²) < 4.78 is 1.08. The Morgan fingerprint density at radius 3 is 2.18 bits per heavy atom. The summed E-state index contributed by atoms with van der Waals surface area (Å²) in [7, 11) is 1.80. The van der Waals surface area contributed by atoms with Crippen LogP contribution in [0, 0.1) is 0 Å². The third-order valence-corrected chi connectivity index (χ3v) is 5.35. The lowest BCUT2D eigenvalue weighted by atomic mass is 10.1. The van der Waals surface area contributed by atoms with E-state index in [1.807, 2.05) is 50.2 Å². The normalized spacial score (nSPS) is 10.8. The maximum atomic E-state index is 12.3. The van der Waals surface area contributed by atoms with E-state index in [-0.39, 0.29) is 17.9 Å². The molecule has 2 aromatic rings. The minimum Gasteiger partial charge on any atom is -0.352 e. The van der Waals surface area contributed by atoms with Crippen molar-refractivity contribution >= 4 is 27.7 Å². The molecule has 0 saturated heterocycles. The molecule has 0 fully saturated rings. The minimum atomic E-state index is 0.0105. The van der Waals surface area contributed by atoms with Crippen LogP contribution < -0.4 is 5.32 Å². The van der Waals surface area contributed by atoms with Crippen LogP contribution in [0.15, 0.2) is 53.0 Å². The fraction of sp³-hybridized carbons (Fsp3) is 0.391. The fourth-order valence-electron chi connectivity index (χ4n) is 2.76. The van der Waals surface area contributed by atoms with Crippen LogP contribution in [0.3, 0.4) is 0 Å². The Morgan fingerprint density at radius 1 is 0.964 bits per heavy atom. The van der Waals surface area contributed by atoms with Gasteiger partial charge in [-0.25, -0.2) is 0 Å². The molecular formula is C23H29BrN2O2. The van der Waals surface area contributed by atoms with Crippen LogP contribution in [0.25, 0.3) is 0 Å². The second-order valence-electron chi connectivity index (χ2n) is 7.32.